The van der Waals surface area contributed by atoms with Gasteiger partial charge >= 0.3 is 0 Å². The van der Waals surface area contributed by atoms with Crippen LogP contribution < -0.4 is 0 Å². The lowest BCUT2D eigenvalue weighted by molar-refractivity contribution is 0.168. The molecule has 11 heavy (non-hydrogen) atoms. The Labute approximate surface area is 65.2 Å². The van der Waals surface area contributed by atoms with Crippen LogP contribution in [0.3, 0.4) is 0 Å². The Balaban J connectivity index is 2.47. The highest BCUT2D eigenvalue weighted by Gasteiger charge is 2.06. The van der Waals surface area contributed by atoms with Gasteiger partial charge in [0, 0.05) is 6.42 Å². The molecule has 1 aliphatic heterocycles. The van der Waals surface area contributed by atoms with E-state index in [1.165, 1.54) is 12.5 Å². The van der Waals surface area contributed by atoms with Crippen LogP contribution in [0.1, 0.15) is 6.42 Å². The van der Waals surface area contributed by atoms with Gasteiger partial charge in [-0.15, -0.1) is 6.58 Å². The molecule has 0 atom stereocenters. The summed E-state index contributed by atoms with van der Waals surface area (Å²) in [4.78, 5) is 0. The Morgan fingerprint density at radius 3 is 2.82 bits per heavy atom. The standard InChI is InChI=1S/C8H10O3/c1-2-3-7-5-10-6-8(4-9)11-7/h2,5-6,9H,1,3-4H2. The van der Waals surface area contributed by atoms with Crippen molar-refractivity contribution in [3.05, 3.63) is 36.7 Å². The predicted octanol–water partition coefficient (Wildman–Crippen LogP) is 1.28. The van der Waals surface area contributed by atoms with Crippen molar-refractivity contribution in [1.29, 1.82) is 0 Å². The number of ether oxygens (including phenoxy) is 2. The second-order valence-electron chi connectivity index (χ2n) is 2.06. The minimum atomic E-state index is -0.144. The van der Waals surface area contributed by atoms with Gasteiger partial charge in [-0.25, -0.2) is 0 Å². The summed E-state index contributed by atoms with van der Waals surface area (Å²) in [5, 5.41) is 8.65. The third-order valence-electron chi connectivity index (χ3n) is 1.16. The molecule has 0 aromatic carbocycles. The van der Waals surface area contributed by atoms with E-state index in [1.807, 2.05) is 0 Å². The molecule has 3 nitrogen and oxygen atoms in total. The molecular weight excluding hydrogens is 144 g/mol. The van der Waals surface area contributed by atoms with Crippen molar-refractivity contribution in [1.82, 2.24) is 0 Å². The number of aliphatic hydroxyl groups excluding tert-OH is 1. The normalized spacial score (nSPS) is 15.7. The number of aliphatic hydroxyl groups is 1. The van der Waals surface area contributed by atoms with Crippen LogP contribution in [-0.4, -0.2) is 11.7 Å². The third-order valence-corrected chi connectivity index (χ3v) is 1.16. The Kier molecular flexibility index (Phi) is 2.74. The van der Waals surface area contributed by atoms with Crippen LogP contribution in [0.2, 0.25) is 0 Å². The van der Waals surface area contributed by atoms with Gasteiger partial charge in [0.2, 0.25) is 0 Å². The molecule has 1 aliphatic rings. The van der Waals surface area contributed by atoms with Crippen molar-refractivity contribution < 1.29 is 14.6 Å². The molecule has 0 unspecified atom stereocenters. The lowest BCUT2D eigenvalue weighted by Gasteiger charge is -2.13. The molecule has 1 N–H and O–H groups in total. The second kappa shape index (κ2) is 3.83. The second-order valence-corrected chi connectivity index (χ2v) is 2.06. The molecule has 0 saturated heterocycles. The van der Waals surface area contributed by atoms with Crippen LogP contribution in [0.25, 0.3) is 0 Å². The average molecular weight is 154 g/mol. The SMILES string of the molecule is C=CCC1=COC=C(CO)O1. The van der Waals surface area contributed by atoms with Gasteiger partial charge in [0.05, 0.1) is 0 Å². The minimum Gasteiger partial charge on any atom is -0.465 e. The van der Waals surface area contributed by atoms with Crippen molar-refractivity contribution >= 4 is 0 Å². The summed E-state index contributed by atoms with van der Waals surface area (Å²) in [6.45, 7) is 3.40. The van der Waals surface area contributed by atoms with Gasteiger partial charge in [-0.05, 0) is 0 Å². The van der Waals surface area contributed by atoms with Crippen LogP contribution in [0.4, 0.5) is 0 Å². The van der Waals surface area contributed by atoms with Gasteiger partial charge in [0.15, 0.2) is 5.76 Å². The summed E-state index contributed by atoms with van der Waals surface area (Å²) in [6, 6.07) is 0. The first-order chi connectivity index (χ1) is 5.36. The molecule has 0 amide bonds. The molecule has 0 radical (unpaired) electrons. The molecule has 3 heteroatoms. The van der Waals surface area contributed by atoms with E-state index in [0.29, 0.717) is 17.9 Å². The van der Waals surface area contributed by atoms with Gasteiger partial charge < -0.3 is 14.6 Å². The van der Waals surface area contributed by atoms with E-state index < -0.39 is 0 Å². The molecule has 1 rings (SSSR count). The fourth-order valence-electron chi connectivity index (χ4n) is 0.704. The van der Waals surface area contributed by atoms with Gasteiger partial charge in [-0.1, -0.05) is 6.08 Å². The van der Waals surface area contributed by atoms with E-state index >= 15 is 0 Å². The van der Waals surface area contributed by atoms with Gasteiger partial charge in [0.25, 0.3) is 0 Å². The highest BCUT2D eigenvalue weighted by atomic mass is 16.5. The maximum atomic E-state index is 8.65. The van der Waals surface area contributed by atoms with Crippen molar-refractivity contribution in [2.45, 2.75) is 6.42 Å². The summed E-state index contributed by atoms with van der Waals surface area (Å²) >= 11 is 0. The Hall–Kier alpha value is -1.22. The lowest BCUT2D eigenvalue weighted by Crippen LogP contribution is -2.02. The largest absolute Gasteiger partial charge is 0.465 e. The molecule has 0 fully saturated rings. The molecule has 0 bridgehead atoms. The van der Waals surface area contributed by atoms with E-state index in [0.717, 1.165) is 0 Å². The van der Waals surface area contributed by atoms with E-state index in [1.54, 1.807) is 6.08 Å². The van der Waals surface area contributed by atoms with E-state index in [4.69, 9.17) is 14.6 Å². The Bertz CT molecular complexity index is 203. The molecule has 0 spiro atoms. The minimum absolute atomic E-state index is 0.144. The van der Waals surface area contributed by atoms with E-state index in [-0.39, 0.29) is 6.61 Å². The molecule has 0 aliphatic carbocycles. The van der Waals surface area contributed by atoms with Crippen LogP contribution in [-0.2, 0) is 9.47 Å². The number of hydrogen-bond acceptors (Lipinski definition) is 3. The first-order valence-electron chi connectivity index (χ1n) is 3.30. The molecule has 0 aromatic rings. The van der Waals surface area contributed by atoms with E-state index in [9.17, 15) is 0 Å². The van der Waals surface area contributed by atoms with Gasteiger partial charge in [-0.3, -0.25) is 0 Å². The van der Waals surface area contributed by atoms with Crippen molar-refractivity contribution in [3.8, 4) is 0 Å². The maximum absolute atomic E-state index is 8.65. The van der Waals surface area contributed by atoms with Crippen LogP contribution in [0.15, 0.2) is 36.7 Å². The molecule has 1 heterocycles. The van der Waals surface area contributed by atoms with Gasteiger partial charge in [-0.2, -0.15) is 0 Å². The first-order valence-corrected chi connectivity index (χ1v) is 3.30. The Morgan fingerprint density at radius 1 is 1.45 bits per heavy atom. The van der Waals surface area contributed by atoms with Crippen molar-refractivity contribution in [2.75, 3.05) is 6.61 Å². The van der Waals surface area contributed by atoms with Crippen molar-refractivity contribution in [3.63, 3.8) is 0 Å². The Morgan fingerprint density at radius 2 is 2.18 bits per heavy atom. The highest BCUT2D eigenvalue weighted by molar-refractivity contribution is 5.05. The van der Waals surface area contributed by atoms with Crippen LogP contribution in [0, 0.1) is 0 Å². The van der Waals surface area contributed by atoms with Crippen molar-refractivity contribution in [2.24, 2.45) is 0 Å². The van der Waals surface area contributed by atoms with Gasteiger partial charge in [0.1, 0.15) is 24.9 Å². The van der Waals surface area contributed by atoms with E-state index in [2.05, 4.69) is 6.58 Å². The number of rotatable bonds is 3. The fraction of sp³-hybridized carbons (Fsp3) is 0.250. The predicted molar refractivity (Wildman–Crippen MR) is 40.2 cm³/mol. The number of allylic oxidation sites excluding steroid dienone is 1. The zero-order valence-corrected chi connectivity index (χ0v) is 6.12. The maximum Gasteiger partial charge on any atom is 0.164 e. The lowest BCUT2D eigenvalue weighted by atomic mass is 10.3. The molecule has 0 saturated carbocycles. The molecule has 0 aromatic heterocycles. The summed E-state index contributed by atoms with van der Waals surface area (Å²) in [6.07, 6.45) is 5.17. The van der Waals surface area contributed by atoms with Crippen LogP contribution in [0.5, 0.6) is 0 Å². The fourth-order valence-corrected chi connectivity index (χ4v) is 0.704. The monoisotopic (exact) mass is 154 g/mol. The average Bonchev–Trinajstić information content (AvgIpc) is 2.06. The zero-order chi connectivity index (χ0) is 8.10. The third kappa shape index (κ3) is 2.13. The summed E-state index contributed by atoms with van der Waals surface area (Å²) in [5.74, 6) is 1.08. The summed E-state index contributed by atoms with van der Waals surface area (Å²) < 4.78 is 10.0. The number of hydrogen-bond donors (Lipinski definition) is 1. The molecular formula is C8H10O3. The smallest absolute Gasteiger partial charge is 0.164 e. The quantitative estimate of drug-likeness (QED) is 0.622. The first kappa shape index (κ1) is 7.88. The summed E-state index contributed by atoms with van der Waals surface area (Å²) in [7, 11) is 0. The van der Waals surface area contributed by atoms with Crippen LogP contribution >= 0.6 is 0 Å². The summed E-state index contributed by atoms with van der Waals surface area (Å²) in [5.41, 5.74) is 0. The zero-order valence-electron chi connectivity index (χ0n) is 6.12. The highest BCUT2D eigenvalue weighted by Crippen LogP contribution is 2.15. The topological polar surface area (TPSA) is 38.7 Å². The molecule has 60 valence electrons.